The van der Waals surface area contributed by atoms with Gasteiger partial charge in [0.1, 0.15) is 0 Å². The van der Waals surface area contributed by atoms with E-state index in [4.69, 9.17) is 4.52 Å². The molecule has 6 heteroatoms. The molecule has 2 aromatic heterocycles. The molecule has 1 aromatic carbocycles. The van der Waals surface area contributed by atoms with Crippen molar-refractivity contribution in [2.75, 3.05) is 26.2 Å². The van der Waals surface area contributed by atoms with Crippen molar-refractivity contribution in [3.63, 3.8) is 0 Å². The molecule has 134 valence electrons. The van der Waals surface area contributed by atoms with Gasteiger partial charge in [-0.3, -0.25) is 14.8 Å². The summed E-state index contributed by atoms with van der Waals surface area (Å²) in [6, 6.07) is 10.6. The molecule has 2 aliphatic rings. The van der Waals surface area contributed by atoms with Crippen LogP contribution in [0.5, 0.6) is 0 Å². The average molecular weight is 349 g/mol. The zero-order valence-electron chi connectivity index (χ0n) is 14.8. The van der Waals surface area contributed by atoms with Crippen molar-refractivity contribution in [1.82, 2.24) is 24.9 Å². The summed E-state index contributed by atoms with van der Waals surface area (Å²) in [5.74, 6) is 2.20. The van der Waals surface area contributed by atoms with Crippen LogP contribution in [0.1, 0.15) is 36.0 Å². The lowest BCUT2D eigenvalue weighted by atomic mass is 10.1. The summed E-state index contributed by atoms with van der Waals surface area (Å²) in [4.78, 5) is 14.0. The Morgan fingerprint density at radius 1 is 0.962 bits per heavy atom. The summed E-state index contributed by atoms with van der Waals surface area (Å²) in [7, 11) is 0. The molecule has 1 aliphatic carbocycles. The number of hydrogen-bond acceptors (Lipinski definition) is 6. The number of fused-ring (bicyclic) bond motifs is 1. The second-order valence-electron chi connectivity index (χ2n) is 7.37. The third-order valence-corrected chi connectivity index (χ3v) is 5.35. The van der Waals surface area contributed by atoms with Crippen molar-refractivity contribution in [2.24, 2.45) is 0 Å². The van der Waals surface area contributed by atoms with Crippen LogP contribution in [0.3, 0.4) is 0 Å². The standard InChI is InChI=1S/C20H23N5O/c1-3-15-5-2-8-21-19(15)17(4-1)13-24-9-11-25(12-10-24)14-18-22-20(26-23-18)16-6-7-16/h1-5,8,16H,6-7,9-14H2. The molecule has 0 spiro atoms. The van der Waals surface area contributed by atoms with Gasteiger partial charge >= 0.3 is 0 Å². The van der Waals surface area contributed by atoms with Gasteiger partial charge in [0.2, 0.25) is 5.89 Å². The second kappa shape index (κ2) is 6.78. The van der Waals surface area contributed by atoms with Gasteiger partial charge in [-0.05, 0) is 24.5 Å². The van der Waals surface area contributed by atoms with Crippen LogP contribution in [0.25, 0.3) is 10.9 Å². The lowest BCUT2D eigenvalue weighted by Crippen LogP contribution is -2.45. The van der Waals surface area contributed by atoms with Crippen molar-refractivity contribution >= 4 is 10.9 Å². The maximum atomic E-state index is 5.37. The fraction of sp³-hybridized carbons (Fsp3) is 0.450. The van der Waals surface area contributed by atoms with Gasteiger partial charge in [-0.25, -0.2) is 0 Å². The normalized spacial score (nSPS) is 19.2. The van der Waals surface area contributed by atoms with E-state index in [1.807, 2.05) is 12.3 Å². The Balaban J connectivity index is 1.18. The lowest BCUT2D eigenvalue weighted by molar-refractivity contribution is 0.119. The van der Waals surface area contributed by atoms with Crippen LogP contribution in [0.2, 0.25) is 0 Å². The monoisotopic (exact) mass is 349 g/mol. The number of piperazine rings is 1. The van der Waals surface area contributed by atoms with Crippen molar-refractivity contribution in [3.8, 4) is 0 Å². The molecule has 1 saturated carbocycles. The van der Waals surface area contributed by atoms with E-state index in [0.29, 0.717) is 5.92 Å². The Morgan fingerprint density at radius 3 is 2.54 bits per heavy atom. The Morgan fingerprint density at radius 2 is 1.73 bits per heavy atom. The first kappa shape index (κ1) is 15.9. The Kier molecular flexibility index (Phi) is 4.15. The van der Waals surface area contributed by atoms with E-state index in [1.165, 1.54) is 23.8 Å². The number of rotatable bonds is 5. The maximum absolute atomic E-state index is 5.37. The predicted octanol–water partition coefficient (Wildman–Crippen LogP) is 2.81. The highest BCUT2D eigenvalue weighted by Gasteiger charge is 2.30. The summed E-state index contributed by atoms with van der Waals surface area (Å²) in [6.07, 6.45) is 4.28. The van der Waals surface area contributed by atoms with E-state index in [-0.39, 0.29) is 0 Å². The van der Waals surface area contributed by atoms with Crippen LogP contribution >= 0.6 is 0 Å². The molecule has 6 nitrogen and oxygen atoms in total. The van der Waals surface area contributed by atoms with E-state index >= 15 is 0 Å². The number of pyridine rings is 1. The Labute approximate surface area is 152 Å². The fourth-order valence-corrected chi connectivity index (χ4v) is 3.67. The van der Waals surface area contributed by atoms with E-state index < -0.39 is 0 Å². The Bertz CT molecular complexity index is 891. The molecule has 0 bridgehead atoms. The Hall–Kier alpha value is -2.31. The van der Waals surface area contributed by atoms with Gasteiger partial charge in [-0.15, -0.1) is 0 Å². The van der Waals surface area contributed by atoms with Crippen LogP contribution in [0.4, 0.5) is 0 Å². The average Bonchev–Trinajstić information content (AvgIpc) is 3.43. The minimum Gasteiger partial charge on any atom is -0.339 e. The molecule has 0 atom stereocenters. The summed E-state index contributed by atoms with van der Waals surface area (Å²) in [5.41, 5.74) is 2.43. The minimum absolute atomic E-state index is 0.530. The van der Waals surface area contributed by atoms with Crippen LogP contribution in [0.15, 0.2) is 41.1 Å². The lowest BCUT2D eigenvalue weighted by Gasteiger charge is -2.34. The topological polar surface area (TPSA) is 58.3 Å². The van der Waals surface area contributed by atoms with Crippen molar-refractivity contribution in [1.29, 1.82) is 0 Å². The molecule has 5 rings (SSSR count). The molecule has 2 fully saturated rings. The molecule has 1 aliphatic heterocycles. The maximum Gasteiger partial charge on any atom is 0.229 e. The highest BCUT2D eigenvalue weighted by atomic mass is 16.5. The fourth-order valence-electron chi connectivity index (χ4n) is 3.67. The molecule has 0 radical (unpaired) electrons. The first-order valence-electron chi connectivity index (χ1n) is 9.45. The number of nitrogens with zero attached hydrogens (tertiary/aromatic N) is 5. The molecular weight excluding hydrogens is 326 g/mol. The van der Waals surface area contributed by atoms with Gasteiger partial charge in [0.15, 0.2) is 5.82 Å². The summed E-state index contributed by atoms with van der Waals surface area (Å²) < 4.78 is 5.37. The molecule has 3 heterocycles. The van der Waals surface area contributed by atoms with E-state index in [1.54, 1.807) is 0 Å². The molecule has 0 unspecified atom stereocenters. The first-order chi connectivity index (χ1) is 12.8. The first-order valence-corrected chi connectivity index (χ1v) is 9.45. The summed E-state index contributed by atoms with van der Waals surface area (Å²) in [6.45, 7) is 5.92. The van der Waals surface area contributed by atoms with Gasteiger partial charge in [0.25, 0.3) is 0 Å². The zero-order valence-corrected chi connectivity index (χ0v) is 14.8. The highest BCUT2D eigenvalue weighted by Crippen LogP contribution is 2.38. The number of hydrogen-bond donors (Lipinski definition) is 0. The van der Waals surface area contributed by atoms with Gasteiger partial charge in [-0.2, -0.15) is 4.98 Å². The molecule has 0 N–H and O–H groups in total. The van der Waals surface area contributed by atoms with Crippen molar-refractivity contribution < 1.29 is 4.52 Å². The number of aromatic nitrogens is 3. The largest absolute Gasteiger partial charge is 0.339 e. The van der Waals surface area contributed by atoms with E-state index in [2.05, 4.69) is 49.2 Å². The van der Waals surface area contributed by atoms with Crippen molar-refractivity contribution in [3.05, 3.63) is 53.8 Å². The second-order valence-corrected chi connectivity index (χ2v) is 7.37. The smallest absolute Gasteiger partial charge is 0.229 e. The van der Waals surface area contributed by atoms with Crippen LogP contribution < -0.4 is 0 Å². The van der Waals surface area contributed by atoms with Crippen molar-refractivity contribution in [2.45, 2.75) is 31.8 Å². The third-order valence-electron chi connectivity index (χ3n) is 5.35. The molecule has 26 heavy (non-hydrogen) atoms. The number of benzene rings is 1. The zero-order chi connectivity index (χ0) is 17.3. The minimum atomic E-state index is 0.530. The van der Waals surface area contributed by atoms with Gasteiger partial charge in [-0.1, -0.05) is 29.4 Å². The molecule has 1 saturated heterocycles. The summed E-state index contributed by atoms with van der Waals surface area (Å²) >= 11 is 0. The summed E-state index contributed by atoms with van der Waals surface area (Å²) in [5, 5.41) is 5.36. The third kappa shape index (κ3) is 3.34. The quantitative estimate of drug-likeness (QED) is 0.706. The molecular formula is C20H23N5O. The van der Waals surface area contributed by atoms with Gasteiger partial charge in [0, 0.05) is 50.2 Å². The predicted molar refractivity (Wildman–Crippen MR) is 98.6 cm³/mol. The van der Waals surface area contributed by atoms with Crippen LogP contribution in [-0.2, 0) is 13.1 Å². The van der Waals surface area contributed by atoms with Crippen LogP contribution in [0, 0.1) is 0 Å². The van der Waals surface area contributed by atoms with E-state index in [9.17, 15) is 0 Å². The van der Waals surface area contributed by atoms with Crippen LogP contribution in [-0.4, -0.2) is 51.1 Å². The molecule has 0 amide bonds. The SMILES string of the molecule is c1cnc2c(CN3CCN(Cc4noc(C5CC5)n4)CC3)cccc2c1. The van der Waals surface area contributed by atoms with E-state index in [0.717, 1.165) is 56.5 Å². The number of para-hydroxylation sites is 1. The highest BCUT2D eigenvalue weighted by molar-refractivity contribution is 5.81. The van der Waals surface area contributed by atoms with Gasteiger partial charge in [0.05, 0.1) is 12.1 Å². The molecule has 3 aromatic rings. The van der Waals surface area contributed by atoms with Gasteiger partial charge < -0.3 is 4.52 Å².